The summed E-state index contributed by atoms with van der Waals surface area (Å²) >= 11 is 13.3. The second-order valence-corrected chi connectivity index (χ2v) is 7.50. The Morgan fingerprint density at radius 2 is 1.88 bits per heavy atom. The van der Waals surface area contributed by atoms with Crippen molar-refractivity contribution in [1.82, 2.24) is 4.98 Å². The molecular formula is C18H14Cl2N2OS. The van der Waals surface area contributed by atoms with Gasteiger partial charge in [0, 0.05) is 11.1 Å². The molecule has 0 fully saturated rings. The maximum Gasteiger partial charge on any atom is 0.238 e. The van der Waals surface area contributed by atoms with Crippen molar-refractivity contribution in [3.63, 3.8) is 0 Å². The number of anilines is 1. The van der Waals surface area contributed by atoms with E-state index in [1.807, 2.05) is 25.1 Å². The number of thioether (sulfide) groups is 1. The second-order valence-electron chi connectivity index (χ2n) is 5.24. The summed E-state index contributed by atoms with van der Waals surface area (Å²) in [5, 5.41) is 5.51. The number of carbonyl (C=O) groups excluding carboxylic acids is 1. The number of fused-ring (bicyclic) bond motifs is 1. The van der Waals surface area contributed by atoms with E-state index in [9.17, 15) is 4.79 Å². The zero-order valence-electron chi connectivity index (χ0n) is 12.8. The predicted molar refractivity (Wildman–Crippen MR) is 102 cm³/mol. The fourth-order valence-electron chi connectivity index (χ4n) is 2.22. The SMILES string of the molecule is C[C@@H](Sc1ccc2ccccc2c1)C(=O)Nc1ncc(Cl)cc1Cl. The molecule has 3 rings (SSSR count). The summed E-state index contributed by atoms with van der Waals surface area (Å²) < 4.78 is 0. The van der Waals surface area contributed by atoms with Gasteiger partial charge in [-0.3, -0.25) is 4.79 Å². The van der Waals surface area contributed by atoms with Crippen LogP contribution in [0, 0.1) is 0 Å². The number of carbonyl (C=O) groups is 1. The number of nitrogens with one attached hydrogen (secondary N) is 1. The molecule has 24 heavy (non-hydrogen) atoms. The first-order valence-corrected chi connectivity index (χ1v) is 8.94. The lowest BCUT2D eigenvalue weighted by atomic mass is 10.1. The van der Waals surface area contributed by atoms with E-state index < -0.39 is 0 Å². The summed E-state index contributed by atoms with van der Waals surface area (Å²) in [4.78, 5) is 17.4. The number of pyridine rings is 1. The third-order valence-electron chi connectivity index (χ3n) is 3.45. The number of rotatable bonds is 4. The Balaban J connectivity index is 1.70. The number of amides is 1. The fourth-order valence-corrected chi connectivity index (χ4v) is 3.57. The van der Waals surface area contributed by atoms with Gasteiger partial charge >= 0.3 is 0 Å². The molecular weight excluding hydrogens is 363 g/mol. The molecule has 0 unspecified atom stereocenters. The van der Waals surface area contributed by atoms with Crippen molar-refractivity contribution in [3.05, 3.63) is 64.8 Å². The quantitative estimate of drug-likeness (QED) is 0.597. The standard InChI is InChI=1S/C18H14Cl2N2OS/c1-11(18(23)22-17-16(20)9-14(19)10-21-17)24-15-7-6-12-4-2-3-5-13(12)8-15/h2-11H,1H3,(H,21,22,23)/t11-/m1/s1. The highest BCUT2D eigenvalue weighted by atomic mass is 35.5. The summed E-state index contributed by atoms with van der Waals surface area (Å²) in [5.41, 5.74) is 0. The first kappa shape index (κ1) is 17.1. The minimum atomic E-state index is -0.292. The molecule has 0 saturated heterocycles. The van der Waals surface area contributed by atoms with Crippen molar-refractivity contribution < 1.29 is 4.79 Å². The lowest BCUT2D eigenvalue weighted by molar-refractivity contribution is -0.115. The molecule has 3 nitrogen and oxygen atoms in total. The van der Waals surface area contributed by atoms with Gasteiger partial charge in [-0.1, -0.05) is 53.5 Å². The van der Waals surface area contributed by atoms with Crippen molar-refractivity contribution in [2.45, 2.75) is 17.1 Å². The monoisotopic (exact) mass is 376 g/mol. The Morgan fingerprint density at radius 1 is 1.12 bits per heavy atom. The zero-order chi connectivity index (χ0) is 17.1. The molecule has 0 aliphatic carbocycles. The average Bonchev–Trinajstić information content (AvgIpc) is 2.57. The Kier molecular flexibility index (Phi) is 5.29. The molecule has 0 saturated carbocycles. The minimum absolute atomic E-state index is 0.162. The topological polar surface area (TPSA) is 42.0 Å². The molecule has 3 aromatic rings. The fraction of sp³-hybridized carbons (Fsp3) is 0.111. The second kappa shape index (κ2) is 7.43. The molecule has 0 spiro atoms. The highest BCUT2D eigenvalue weighted by molar-refractivity contribution is 8.00. The van der Waals surface area contributed by atoms with Crippen LogP contribution >= 0.6 is 35.0 Å². The van der Waals surface area contributed by atoms with E-state index >= 15 is 0 Å². The Labute approximate surface area is 154 Å². The molecule has 6 heteroatoms. The third kappa shape index (κ3) is 4.01. The van der Waals surface area contributed by atoms with E-state index in [1.165, 1.54) is 23.3 Å². The summed E-state index contributed by atoms with van der Waals surface area (Å²) in [7, 11) is 0. The Hall–Kier alpha value is -1.75. The molecule has 2 aromatic carbocycles. The van der Waals surface area contributed by atoms with Crippen molar-refractivity contribution in [3.8, 4) is 0 Å². The van der Waals surface area contributed by atoms with E-state index in [-0.39, 0.29) is 11.2 Å². The summed E-state index contributed by atoms with van der Waals surface area (Å²) in [6.07, 6.45) is 1.45. The van der Waals surface area contributed by atoms with Gasteiger partial charge in [0.25, 0.3) is 0 Å². The molecule has 1 atom stereocenters. The third-order valence-corrected chi connectivity index (χ3v) is 5.04. The first-order valence-electron chi connectivity index (χ1n) is 7.30. The van der Waals surface area contributed by atoms with Crippen LogP contribution in [-0.4, -0.2) is 16.1 Å². The highest BCUT2D eigenvalue weighted by Gasteiger charge is 2.16. The smallest absolute Gasteiger partial charge is 0.238 e. The van der Waals surface area contributed by atoms with E-state index in [2.05, 4.69) is 34.6 Å². The molecule has 0 radical (unpaired) electrons. The van der Waals surface area contributed by atoms with Crippen LogP contribution in [0.2, 0.25) is 10.0 Å². The van der Waals surface area contributed by atoms with E-state index in [0.717, 1.165) is 10.3 Å². The molecule has 0 aliphatic rings. The van der Waals surface area contributed by atoms with Crippen LogP contribution in [-0.2, 0) is 4.79 Å². The maximum absolute atomic E-state index is 12.4. The number of benzene rings is 2. The van der Waals surface area contributed by atoms with E-state index in [1.54, 1.807) is 6.07 Å². The molecule has 122 valence electrons. The number of aromatic nitrogens is 1. The normalized spacial score (nSPS) is 12.1. The number of nitrogens with zero attached hydrogens (tertiary/aromatic N) is 1. The van der Waals surface area contributed by atoms with Crippen molar-refractivity contribution in [2.24, 2.45) is 0 Å². The summed E-state index contributed by atoms with van der Waals surface area (Å²) in [6.45, 7) is 1.85. The van der Waals surface area contributed by atoms with Gasteiger partial charge in [0.2, 0.25) is 5.91 Å². The molecule has 1 aromatic heterocycles. The van der Waals surface area contributed by atoms with Crippen LogP contribution in [0.3, 0.4) is 0 Å². The van der Waals surface area contributed by atoms with Gasteiger partial charge in [-0.15, -0.1) is 11.8 Å². The van der Waals surface area contributed by atoms with Gasteiger partial charge in [0.15, 0.2) is 5.82 Å². The molecule has 0 bridgehead atoms. The number of halogens is 2. The van der Waals surface area contributed by atoms with Gasteiger partial charge in [-0.05, 0) is 35.9 Å². The minimum Gasteiger partial charge on any atom is -0.308 e. The van der Waals surface area contributed by atoms with Crippen LogP contribution in [0.4, 0.5) is 5.82 Å². The summed E-state index contributed by atoms with van der Waals surface area (Å²) in [6, 6.07) is 15.8. The van der Waals surface area contributed by atoms with Crippen LogP contribution in [0.15, 0.2) is 59.6 Å². The molecule has 1 heterocycles. The Morgan fingerprint density at radius 3 is 2.62 bits per heavy atom. The average molecular weight is 377 g/mol. The van der Waals surface area contributed by atoms with Crippen LogP contribution in [0.5, 0.6) is 0 Å². The number of hydrogen-bond donors (Lipinski definition) is 1. The van der Waals surface area contributed by atoms with Crippen LogP contribution in [0.25, 0.3) is 10.8 Å². The van der Waals surface area contributed by atoms with Gasteiger partial charge in [0.1, 0.15) is 0 Å². The van der Waals surface area contributed by atoms with Crippen LogP contribution in [0.1, 0.15) is 6.92 Å². The lowest BCUT2D eigenvalue weighted by Crippen LogP contribution is -2.23. The van der Waals surface area contributed by atoms with Crippen molar-refractivity contribution in [1.29, 1.82) is 0 Å². The predicted octanol–water partition coefficient (Wildman–Crippen LogP) is 5.66. The lowest BCUT2D eigenvalue weighted by Gasteiger charge is -2.13. The van der Waals surface area contributed by atoms with E-state index in [4.69, 9.17) is 23.2 Å². The zero-order valence-corrected chi connectivity index (χ0v) is 15.1. The molecule has 0 aliphatic heterocycles. The molecule has 1 amide bonds. The van der Waals surface area contributed by atoms with Gasteiger partial charge in [-0.2, -0.15) is 0 Å². The van der Waals surface area contributed by atoms with Crippen molar-refractivity contribution >= 4 is 57.5 Å². The number of hydrogen-bond acceptors (Lipinski definition) is 3. The Bertz CT molecular complexity index is 901. The van der Waals surface area contributed by atoms with Gasteiger partial charge in [-0.25, -0.2) is 4.98 Å². The highest BCUT2D eigenvalue weighted by Crippen LogP contribution is 2.28. The largest absolute Gasteiger partial charge is 0.308 e. The van der Waals surface area contributed by atoms with Gasteiger partial charge in [0.05, 0.1) is 15.3 Å². The van der Waals surface area contributed by atoms with Crippen LogP contribution < -0.4 is 5.32 Å². The van der Waals surface area contributed by atoms with Gasteiger partial charge < -0.3 is 5.32 Å². The molecule has 1 N–H and O–H groups in total. The van der Waals surface area contributed by atoms with Crippen molar-refractivity contribution in [2.75, 3.05) is 5.32 Å². The summed E-state index contributed by atoms with van der Waals surface area (Å²) in [5.74, 6) is 0.155. The maximum atomic E-state index is 12.4. The first-order chi connectivity index (χ1) is 11.5. The van der Waals surface area contributed by atoms with E-state index in [0.29, 0.717) is 15.9 Å².